The van der Waals surface area contributed by atoms with Gasteiger partial charge in [0.1, 0.15) is 6.61 Å². The maximum absolute atomic E-state index is 12.8. The van der Waals surface area contributed by atoms with E-state index in [2.05, 4.69) is 0 Å². The van der Waals surface area contributed by atoms with Crippen LogP contribution >= 0.6 is 0 Å². The fraction of sp³-hybridized carbons (Fsp3) is 0.300. The van der Waals surface area contributed by atoms with Crippen molar-refractivity contribution >= 4 is 17.6 Å². The Labute approximate surface area is 166 Å². The van der Waals surface area contributed by atoms with Crippen LogP contribution < -0.4 is 9.47 Å². The van der Waals surface area contributed by atoms with Gasteiger partial charge in [-0.1, -0.05) is 12.1 Å². The van der Waals surface area contributed by atoms with Crippen molar-refractivity contribution in [3.8, 4) is 11.5 Å². The molecule has 0 aliphatic carbocycles. The van der Waals surface area contributed by atoms with Gasteiger partial charge in [0.2, 0.25) is 0 Å². The lowest BCUT2D eigenvalue weighted by Gasteiger charge is -2.29. The van der Waals surface area contributed by atoms with Crippen LogP contribution in [-0.4, -0.2) is 54.6 Å². The van der Waals surface area contributed by atoms with Gasteiger partial charge in [0.25, 0.3) is 11.6 Å². The lowest BCUT2D eigenvalue weighted by atomic mass is 10.1. The van der Waals surface area contributed by atoms with Crippen molar-refractivity contribution in [3.05, 3.63) is 63.7 Å². The Balaban J connectivity index is 1.76. The molecule has 0 fully saturated rings. The van der Waals surface area contributed by atoms with Gasteiger partial charge in [0.05, 0.1) is 23.6 Å². The zero-order valence-corrected chi connectivity index (χ0v) is 16.0. The number of benzene rings is 2. The Morgan fingerprint density at radius 1 is 1.21 bits per heavy atom. The first kappa shape index (κ1) is 20.1. The average molecular weight is 400 g/mol. The predicted molar refractivity (Wildman–Crippen MR) is 102 cm³/mol. The second-order valence-corrected chi connectivity index (χ2v) is 6.43. The van der Waals surface area contributed by atoms with Gasteiger partial charge >= 0.3 is 5.97 Å². The summed E-state index contributed by atoms with van der Waals surface area (Å²) in [5.41, 5.74) is -0.399. The van der Waals surface area contributed by atoms with Crippen molar-refractivity contribution in [2.45, 2.75) is 13.0 Å². The molecular weight excluding hydrogens is 380 g/mol. The minimum absolute atomic E-state index is 0.0156. The third-order valence-electron chi connectivity index (χ3n) is 4.28. The molecule has 2 aromatic rings. The van der Waals surface area contributed by atoms with Crippen LogP contribution in [0.15, 0.2) is 42.5 Å². The zero-order chi connectivity index (χ0) is 21.0. The molecule has 29 heavy (non-hydrogen) atoms. The first-order valence-corrected chi connectivity index (χ1v) is 8.99. The van der Waals surface area contributed by atoms with Gasteiger partial charge in [-0.25, -0.2) is 4.79 Å². The van der Waals surface area contributed by atoms with Crippen molar-refractivity contribution < 1.29 is 28.7 Å². The number of rotatable bonds is 6. The maximum Gasteiger partial charge on any atom is 0.338 e. The zero-order valence-electron chi connectivity index (χ0n) is 16.0. The smallest absolute Gasteiger partial charge is 0.338 e. The molecule has 0 saturated carbocycles. The van der Waals surface area contributed by atoms with E-state index in [0.29, 0.717) is 11.5 Å². The summed E-state index contributed by atoms with van der Waals surface area (Å²) in [7, 11) is 1.55. The number of carbonyl (C=O) groups is 2. The highest BCUT2D eigenvalue weighted by atomic mass is 16.6. The molecule has 1 atom stereocenters. The average Bonchev–Trinajstić information content (AvgIpc) is 2.72. The quantitative estimate of drug-likeness (QED) is 0.417. The van der Waals surface area contributed by atoms with Crippen LogP contribution in [0, 0.1) is 10.1 Å². The van der Waals surface area contributed by atoms with Gasteiger partial charge in [-0.3, -0.25) is 14.9 Å². The molecule has 0 saturated heterocycles. The third kappa shape index (κ3) is 4.63. The maximum atomic E-state index is 12.8. The van der Waals surface area contributed by atoms with Gasteiger partial charge in [0, 0.05) is 24.7 Å². The Bertz CT molecular complexity index is 944. The number of fused-ring (bicyclic) bond motifs is 1. The number of ether oxygens (including phenoxy) is 3. The lowest BCUT2D eigenvalue weighted by Crippen LogP contribution is -2.41. The summed E-state index contributed by atoms with van der Waals surface area (Å²) >= 11 is 0. The summed E-state index contributed by atoms with van der Waals surface area (Å²) in [5.74, 6) is 0.00951. The molecule has 9 nitrogen and oxygen atoms in total. The van der Waals surface area contributed by atoms with E-state index in [1.165, 1.54) is 11.0 Å². The van der Waals surface area contributed by atoms with Gasteiger partial charge in [-0.2, -0.15) is 0 Å². The molecule has 0 unspecified atom stereocenters. The number of nitrogens with zero attached hydrogens (tertiary/aromatic N) is 2. The molecule has 1 aliphatic heterocycles. The molecule has 2 aromatic carbocycles. The van der Waals surface area contributed by atoms with E-state index in [0.717, 1.165) is 12.1 Å². The first-order chi connectivity index (χ1) is 13.9. The molecule has 0 radical (unpaired) electrons. The molecule has 9 heteroatoms. The fourth-order valence-electron chi connectivity index (χ4n) is 2.93. The van der Waals surface area contributed by atoms with E-state index in [-0.39, 0.29) is 36.6 Å². The third-order valence-corrected chi connectivity index (χ3v) is 4.28. The SMILES string of the molecule is CCOC(=O)c1cc(C(=O)N(C)C[C@H]2COc3ccccc3O2)cc([N+](=O)[O-])c1. The van der Waals surface area contributed by atoms with Crippen molar-refractivity contribution in [2.24, 2.45) is 0 Å². The predicted octanol–water partition coefficient (Wildman–Crippen LogP) is 2.68. The van der Waals surface area contributed by atoms with Crippen LogP contribution in [0.4, 0.5) is 5.69 Å². The Morgan fingerprint density at radius 2 is 1.90 bits per heavy atom. The summed E-state index contributed by atoms with van der Waals surface area (Å²) < 4.78 is 16.4. The number of nitro groups is 1. The summed E-state index contributed by atoms with van der Waals surface area (Å²) in [6.45, 7) is 2.20. The van der Waals surface area contributed by atoms with Gasteiger partial charge in [0.15, 0.2) is 17.6 Å². The number of carbonyl (C=O) groups excluding carboxylic acids is 2. The molecule has 1 aliphatic rings. The Kier molecular flexibility index (Phi) is 5.96. The number of nitro benzene ring substituents is 1. The van der Waals surface area contributed by atoms with E-state index in [4.69, 9.17) is 14.2 Å². The highest BCUT2D eigenvalue weighted by Gasteiger charge is 2.26. The van der Waals surface area contributed by atoms with Crippen LogP contribution in [0.2, 0.25) is 0 Å². The topological polar surface area (TPSA) is 108 Å². The standard InChI is InChI=1S/C20H20N2O7/c1-3-27-20(24)14-8-13(9-15(10-14)22(25)26)19(23)21(2)11-16-12-28-17-6-4-5-7-18(17)29-16/h4-10,16H,3,11-12H2,1-2H3/t16-/m0/s1. The van der Waals surface area contributed by atoms with Crippen molar-refractivity contribution in [3.63, 3.8) is 0 Å². The van der Waals surface area contributed by atoms with E-state index in [1.54, 1.807) is 26.1 Å². The highest BCUT2D eigenvalue weighted by Crippen LogP contribution is 2.31. The number of hydrogen-bond acceptors (Lipinski definition) is 7. The Morgan fingerprint density at radius 3 is 2.59 bits per heavy atom. The molecule has 0 bridgehead atoms. The lowest BCUT2D eigenvalue weighted by molar-refractivity contribution is -0.384. The van der Waals surface area contributed by atoms with Crippen LogP contribution in [0.1, 0.15) is 27.6 Å². The molecule has 1 amide bonds. The monoisotopic (exact) mass is 400 g/mol. The summed E-state index contributed by atoms with van der Waals surface area (Å²) in [5, 5.41) is 11.2. The fourth-order valence-corrected chi connectivity index (χ4v) is 2.93. The van der Waals surface area contributed by atoms with Crippen LogP contribution in [0.25, 0.3) is 0 Å². The van der Waals surface area contributed by atoms with Gasteiger partial charge in [-0.15, -0.1) is 0 Å². The van der Waals surface area contributed by atoms with E-state index in [1.807, 2.05) is 12.1 Å². The summed E-state index contributed by atoms with van der Waals surface area (Å²) in [6, 6.07) is 10.7. The number of esters is 1. The van der Waals surface area contributed by atoms with Crippen molar-refractivity contribution in [1.29, 1.82) is 0 Å². The van der Waals surface area contributed by atoms with E-state index < -0.39 is 22.9 Å². The van der Waals surface area contributed by atoms with Crippen molar-refractivity contribution in [1.82, 2.24) is 4.90 Å². The van der Waals surface area contributed by atoms with Gasteiger partial charge < -0.3 is 19.1 Å². The molecule has 152 valence electrons. The summed E-state index contributed by atoms with van der Waals surface area (Å²) in [4.78, 5) is 36.7. The van der Waals surface area contributed by atoms with Crippen molar-refractivity contribution in [2.75, 3.05) is 26.8 Å². The van der Waals surface area contributed by atoms with Gasteiger partial charge in [-0.05, 0) is 25.1 Å². The van der Waals surface area contributed by atoms with E-state index in [9.17, 15) is 19.7 Å². The largest absolute Gasteiger partial charge is 0.486 e. The normalized spacial score (nSPS) is 14.8. The second-order valence-electron chi connectivity index (χ2n) is 6.43. The number of non-ortho nitro benzene ring substituents is 1. The molecular formula is C20H20N2O7. The minimum atomic E-state index is -0.728. The second kappa shape index (κ2) is 8.59. The number of amides is 1. The highest BCUT2D eigenvalue weighted by molar-refractivity contribution is 5.98. The molecule has 0 spiro atoms. The summed E-state index contributed by atoms with van der Waals surface area (Å²) in [6.07, 6.45) is -0.401. The molecule has 3 rings (SSSR count). The molecule has 1 heterocycles. The van der Waals surface area contributed by atoms with Crippen LogP contribution in [0.5, 0.6) is 11.5 Å². The number of likely N-dealkylation sites (N-methyl/N-ethyl adjacent to an activating group) is 1. The minimum Gasteiger partial charge on any atom is -0.486 e. The van der Waals surface area contributed by atoms with Crippen LogP contribution in [0.3, 0.4) is 0 Å². The molecule has 0 N–H and O–H groups in total. The van der Waals surface area contributed by atoms with E-state index >= 15 is 0 Å². The number of para-hydroxylation sites is 2. The molecule has 0 aromatic heterocycles. The van der Waals surface area contributed by atoms with Crippen LogP contribution in [-0.2, 0) is 4.74 Å². The Hall–Kier alpha value is -3.62. The number of hydrogen-bond donors (Lipinski definition) is 0. The first-order valence-electron chi connectivity index (χ1n) is 8.99.